The summed E-state index contributed by atoms with van der Waals surface area (Å²) in [6, 6.07) is 2.49. The van der Waals surface area contributed by atoms with Crippen LogP contribution in [0.5, 0.6) is 0 Å². The molecule has 1 saturated carbocycles. The lowest BCUT2D eigenvalue weighted by Crippen LogP contribution is -2.44. The van der Waals surface area contributed by atoms with E-state index in [-0.39, 0.29) is 23.6 Å². The molecule has 1 unspecified atom stereocenters. The summed E-state index contributed by atoms with van der Waals surface area (Å²) in [7, 11) is -3.76. The Morgan fingerprint density at radius 3 is 3.09 bits per heavy atom. The van der Waals surface area contributed by atoms with E-state index in [0.29, 0.717) is 16.7 Å². The first kappa shape index (κ1) is 14.6. The number of pyridine rings is 1. The fraction of sp³-hybridized carbons (Fsp3) is 0.500. The van der Waals surface area contributed by atoms with E-state index in [2.05, 4.69) is 15.2 Å². The highest BCUT2D eigenvalue weighted by Crippen LogP contribution is 2.61. The highest BCUT2D eigenvalue weighted by Gasteiger charge is 2.66. The zero-order valence-electron chi connectivity index (χ0n) is 12.4. The minimum Gasteiger partial charge on any atom is -0.480 e. The normalized spacial score (nSPS) is 30.5. The summed E-state index contributed by atoms with van der Waals surface area (Å²) >= 11 is 0. The van der Waals surface area contributed by atoms with Gasteiger partial charge in [-0.3, -0.25) is 9.89 Å². The first-order valence-corrected chi connectivity index (χ1v) is 8.93. The first-order chi connectivity index (χ1) is 10.8. The van der Waals surface area contributed by atoms with E-state index in [1.54, 1.807) is 18.3 Å². The monoisotopic (exact) mass is 336 g/mol. The van der Waals surface area contributed by atoms with Crippen LogP contribution in [0, 0.1) is 11.3 Å². The molecule has 2 N–H and O–H groups in total. The predicted molar refractivity (Wildman–Crippen MR) is 80.9 cm³/mol. The van der Waals surface area contributed by atoms with Gasteiger partial charge in [-0.15, -0.1) is 0 Å². The summed E-state index contributed by atoms with van der Waals surface area (Å²) in [4.78, 5) is 15.6. The van der Waals surface area contributed by atoms with Gasteiger partial charge in [0.1, 0.15) is 11.8 Å². The number of carbonyl (C=O) groups is 1. The van der Waals surface area contributed by atoms with Crippen molar-refractivity contribution in [2.24, 2.45) is 11.3 Å². The van der Waals surface area contributed by atoms with Crippen LogP contribution in [0.2, 0.25) is 0 Å². The van der Waals surface area contributed by atoms with Gasteiger partial charge in [0.05, 0.1) is 5.69 Å². The molecule has 1 aliphatic heterocycles. The largest absolute Gasteiger partial charge is 0.480 e. The SMILES string of the molecule is CC12C[C@H]1[C@@H](C(=O)O)N(S(=O)(=O)Cc1[nH]nc3ncccc13)C2. The molecule has 0 bridgehead atoms. The van der Waals surface area contributed by atoms with Crippen LogP contribution in [0.3, 0.4) is 0 Å². The molecule has 2 aromatic heterocycles. The fourth-order valence-corrected chi connectivity index (χ4v) is 5.44. The van der Waals surface area contributed by atoms with Crippen LogP contribution in [-0.4, -0.2) is 51.6 Å². The van der Waals surface area contributed by atoms with Crippen molar-refractivity contribution in [3.05, 3.63) is 24.0 Å². The molecule has 1 aliphatic carbocycles. The van der Waals surface area contributed by atoms with Crippen LogP contribution in [0.15, 0.2) is 18.3 Å². The van der Waals surface area contributed by atoms with E-state index in [4.69, 9.17) is 0 Å². The van der Waals surface area contributed by atoms with E-state index in [0.717, 1.165) is 10.7 Å². The molecule has 8 nitrogen and oxygen atoms in total. The third kappa shape index (κ3) is 2.14. The number of hydrogen-bond acceptors (Lipinski definition) is 5. The van der Waals surface area contributed by atoms with Crippen molar-refractivity contribution >= 4 is 27.0 Å². The van der Waals surface area contributed by atoms with Crippen molar-refractivity contribution in [1.29, 1.82) is 0 Å². The zero-order valence-corrected chi connectivity index (χ0v) is 13.2. The second-order valence-electron chi connectivity index (χ2n) is 6.63. The van der Waals surface area contributed by atoms with Gasteiger partial charge in [0.25, 0.3) is 0 Å². The molecule has 0 amide bonds. The summed E-state index contributed by atoms with van der Waals surface area (Å²) in [5.41, 5.74) is 0.681. The third-order valence-electron chi connectivity index (χ3n) is 4.98. The molecule has 2 fully saturated rings. The average molecular weight is 336 g/mol. The number of nitrogens with zero attached hydrogens (tertiary/aromatic N) is 3. The number of aliphatic carboxylic acids is 1. The molecule has 0 spiro atoms. The van der Waals surface area contributed by atoms with Crippen LogP contribution in [-0.2, 0) is 20.6 Å². The van der Waals surface area contributed by atoms with E-state index in [1.165, 1.54) is 0 Å². The fourth-order valence-electron chi connectivity index (χ4n) is 3.62. The molecule has 122 valence electrons. The van der Waals surface area contributed by atoms with E-state index in [1.807, 2.05) is 6.92 Å². The van der Waals surface area contributed by atoms with Crippen LogP contribution >= 0.6 is 0 Å². The molecule has 3 atom stereocenters. The molecule has 1 saturated heterocycles. The lowest BCUT2D eigenvalue weighted by molar-refractivity contribution is -0.141. The summed E-state index contributed by atoms with van der Waals surface area (Å²) in [6.07, 6.45) is 2.35. The highest BCUT2D eigenvalue weighted by molar-refractivity contribution is 7.88. The van der Waals surface area contributed by atoms with Gasteiger partial charge in [0.2, 0.25) is 10.0 Å². The number of sulfonamides is 1. The second kappa shape index (κ2) is 4.51. The Morgan fingerprint density at radius 1 is 1.57 bits per heavy atom. The maximum Gasteiger partial charge on any atom is 0.322 e. The molecule has 2 aliphatic rings. The lowest BCUT2D eigenvalue weighted by atomic mass is 10.1. The Hall–Kier alpha value is -2.00. The maximum atomic E-state index is 12.8. The zero-order chi connectivity index (χ0) is 16.4. The van der Waals surface area contributed by atoms with Gasteiger partial charge in [0, 0.05) is 18.1 Å². The van der Waals surface area contributed by atoms with Gasteiger partial charge in [-0.05, 0) is 29.9 Å². The lowest BCUT2D eigenvalue weighted by Gasteiger charge is -2.24. The quantitative estimate of drug-likeness (QED) is 0.844. The van der Waals surface area contributed by atoms with Gasteiger partial charge < -0.3 is 5.11 Å². The number of piperidine rings is 1. The molecule has 2 aromatic rings. The van der Waals surface area contributed by atoms with E-state index < -0.39 is 22.0 Å². The Morgan fingerprint density at radius 2 is 2.35 bits per heavy atom. The Kier molecular flexibility index (Phi) is 2.86. The second-order valence-corrected chi connectivity index (χ2v) is 8.55. The van der Waals surface area contributed by atoms with E-state index in [9.17, 15) is 18.3 Å². The average Bonchev–Trinajstić information content (AvgIpc) is 2.85. The number of carboxylic acid groups (broad SMARTS) is 1. The number of nitrogens with one attached hydrogen (secondary N) is 1. The van der Waals surface area contributed by atoms with Crippen molar-refractivity contribution in [2.45, 2.75) is 25.1 Å². The Bertz CT molecular complexity index is 908. The Balaban J connectivity index is 1.67. The van der Waals surface area contributed by atoms with Crippen LogP contribution in [0.25, 0.3) is 11.0 Å². The number of aromatic amines is 1. The van der Waals surface area contributed by atoms with Gasteiger partial charge in [0.15, 0.2) is 5.65 Å². The van der Waals surface area contributed by atoms with Crippen LogP contribution in [0.4, 0.5) is 0 Å². The van der Waals surface area contributed by atoms with Crippen LogP contribution < -0.4 is 0 Å². The summed E-state index contributed by atoms with van der Waals surface area (Å²) in [5.74, 6) is -1.47. The Labute approximate surface area is 132 Å². The summed E-state index contributed by atoms with van der Waals surface area (Å²) in [5, 5.41) is 16.7. The number of carboxylic acids is 1. The number of H-pyrrole nitrogens is 1. The number of hydrogen-bond donors (Lipinski definition) is 2. The highest BCUT2D eigenvalue weighted by atomic mass is 32.2. The number of rotatable bonds is 4. The topological polar surface area (TPSA) is 116 Å². The predicted octanol–water partition coefficient (Wildman–Crippen LogP) is 0.583. The standard InChI is InChI=1S/C14H16N4O4S/c1-14-5-9(14)11(13(19)20)18(7-14)23(21,22)6-10-8-3-2-4-15-12(8)17-16-10/h2-4,9,11H,5-7H2,1H3,(H,19,20)(H,15,16,17)/t9-,11-,14?/m0/s1. The van der Waals surface area contributed by atoms with Crippen molar-refractivity contribution in [2.75, 3.05) is 6.54 Å². The molecule has 23 heavy (non-hydrogen) atoms. The van der Waals surface area contributed by atoms with Crippen molar-refractivity contribution in [1.82, 2.24) is 19.5 Å². The smallest absolute Gasteiger partial charge is 0.322 e. The minimum atomic E-state index is -3.76. The molecule has 4 rings (SSSR count). The molecule has 3 heterocycles. The van der Waals surface area contributed by atoms with Crippen molar-refractivity contribution < 1.29 is 18.3 Å². The van der Waals surface area contributed by atoms with Crippen molar-refractivity contribution in [3.8, 4) is 0 Å². The first-order valence-electron chi connectivity index (χ1n) is 7.32. The number of aromatic nitrogens is 3. The molecular formula is C14H16N4O4S. The summed E-state index contributed by atoms with van der Waals surface area (Å²) < 4.78 is 26.7. The van der Waals surface area contributed by atoms with Crippen LogP contribution in [0.1, 0.15) is 19.0 Å². The van der Waals surface area contributed by atoms with Gasteiger partial charge in [-0.25, -0.2) is 13.4 Å². The molecule has 0 radical (unpaired) electrons. The van der Waals surface area contributed by atoms with E-state index >= 15 is 0 Å². The maximum absolute atomic E-state index is 12.8. The van der Waals surface area contributed by atoms with Gasteiger partial charge in [-0.2, -0.15) is 9.40 Å². The number of fused-ring (bicyclic) bond motifs is 2. The summed E-state index contributed by atoms with van der Waals surface area (Å²) in [6.45, 7) is 2.21. The van der Waals surface area contributed by atoms with Crippen molar-refractivity contribution in [3.63, 3.8) is 0 Å². The minimum absolute atomic E-state index is 0.0880. The third-order valence-corrected chi connectivity index (χ3v) is 6.70. The van der Waals surface area contributed by atoms with Gasteiger partial charge >= 0.3 is 5.97 Å². The molecule has 9 heteroatoms. The molecular weight excluding hydrogens is 320 g/mol. The molecule has 0 aromatic carbocycles. The van der Waals surface area contributed by atoms with Gasteiger partial charge in [-0.1, -0.05) is 6.92 Å².